The van der Waals surface area contributed by atoms with Crippen LogP contribution in [-0.2, 0) is 6.42 Å². The average Bonchev–Trinajstić information content (AvgIpc) is 2.92. The Morgan fingerprint density at radius 2 is 2.21 bits per heavy atom. The summed E-state index contributed by atoms with van der Waals surface area (Å²) in [4.78, 5) is 0. The standard InChI is InChI=1S/C15H17NO2S/c1-11-3-4-15(14(9-11)12(2)16-17)18-7-5-13-6-8-19-10-13/h3-4,6,8-10,17H,5,7H2,1-2H3. The summed E-state index contributed by atoms with van der Waals surface area (Å²) in [7, 11) is 0. The van der Waals surface area contributed by atoms with Crippen LogP contribution in [0.25, 0.3) is 0 Å². The number of aryl methyl sites for hydroxylation is 1. The molecule has 0 aliphatic carbocycles. The zero-order valence-electron chi connectivity index (χ0n) is 11.1. The van der Waals surface area contributed by atoms with E-state index in [4.69, 9.17) is 9.94 Å². The normalized spacial score (nSPS) is 11.6. The van der Waals surface area contributed by atoms with Crippen LogP contribution >= 0.6 is 11.3 Å². The van der Waals surface area contributed by atoms with Crippen molar-refractivity contribution in [2.45, 2.75) is 20.3 Å². The van der Waals surface area contributed by atoms with Crippen LogP contribution in [0.5, 0.6) is 5.75 Å². The summed E-state index contributed by atoms with van der Waals surface area (Å²) >= 11 is 1.69. The number of thiophene rings is 1. The molecule has 100 valence electrons. The Balaban J connectivity index is 2.07. The molecule has 1 aromatic carbocycles. The van der Waals surface area contributed by atoms with E-state index < -0.39 is 0 Å². The Labute approximate surface area is 117 Å². The van der Waals surface area contributed by atoms with E-state index in [0.29, 0.717) is 12.3 Å². The largest absolute Gasteiger partial charge is 0.493 e. The molecule has 4 heteroatoms. The quantitative estimate of drug-likeness (QED) is 0.511. The molecule has 2 aromatic rings. The summed E-state index contributed by atoms with van der Waals surface area (Å²) in [5, 5.41) is 16.4. The van der Waals surface area contributed by atoms with Gasteiger partial charge in [0.05, 0.1) is 12.3 Å². The molecule has 2 rings (SSSR count). The van der Waals surface area contributed by atoms with Crippen molar-refractivity contribution < 1.29 is 9.94 Å². The molecule has 0 fully saturated rings. The first-order valence-corrected chi connectivity index (χ1v) is 7.08. The molecular formula is C15H17NO2S. The van der Waals surface area contributed by atoms with E-state index in [2.05, 4.69) is 22.0 Å². The lowest BCUT2D eigenvalue weighted by Gasteiger charge is -2.11. The van der Waals surface area contributed by atoms with Gasteiger partial charge >= 0.3 is 0 Å². The molecule has 0 aliphatic heterocycles. The van der Waals surface area contributed by atoms with Gasteiger partial charge in [0.25, 0.3) is 0 Å². The number of ether oxygens (including phenoxy) is 1. The minimum Gasteiger partial charge on any atom is -0.493 e. The minimum absolute atomic E-state index is 0.564. The van der Waals surface area contributed by atoms with Crippen molar-refractivity contribution in [3.63, 3.8) is 0 Å². The van der Waals surface area contributed by atoms with Gasteiger partial charge in [0, 0.05) is 12.0 Å². The second-order valence-electron chi connectivity index (χ2n) is 4.42. The fourth-order valence-electron chi connectivity index (χ4n) is 1.82. The van der Waals surface area contributed by atoms with Crippen LogP contribution in [-0.4, -0.2) is 17.5 Å². The highest BCUT2D eigenvalue weighted by Gasteiger charge is 2.08. The average molecular weight is 275 g/mol. The van der Waals surface area contributed by atoms with Gasteiger partial charge in [-0.05, 0) is 48.4 Å². The summed E-state index contributed by atoms with van der Waals surface area (Å²) in [6, 6.07) is 7.99. The summed E-state index contributed by atoms with van der Waals surface area (Å²) in [5.41, 5.74) is 3.80. The first-order valence-electron chi connectivity index (χ1n) is 6.14. The molecule has 0 radical (unpaired) electrons. The lowest BCUT2D eigenvalue weighted by atomic mass is 10.1. The molecule has 1 N–H and O–H groups in total. The molecule has 0 bridgehead atoms. The molecule has 0 unspecified atom stereocenters. The summed E-state index contributed by atoms with van der Waals surface area (Å²) < 4.78 is 5.80. The topological polar surface area (TPSA) is 41.8 Å². The molecule has 0 amide bonds. The predicted octanol–water partition coefficient (Wildman–Crippen LogP) is 3.88. The number of nitrogens with zero attached hydrogens (tertiary/aromatic N) is 1. The fraction of sp³-hybridized carbons (Fsp3) is 0.267. The lowest BCUT2D eigenvalue weighted by Crippen LogP contribution is -2.05. The zero-order valence-corrected chi connectivity index (χ0v) is 11.9. The second-order valence-corrected chi connectivity index (χ2v) is 5.20. The van der Waals surface area contributed by atoms with Crippen molar-refractivity contribution in [3.05, 3.63) is 51.7 Å². The Kier molecular flexibility index (Phi) is 4.58. The van der Waals surface area contributed by atoms with Crippen molar-refractivity contribution in [1.82, 2.24) is 0 Å². The van der Waals surface area contributed by atoms with Gasteiger partial charge in [-0.3, -0.25) is 0 Å². The van der Waals surface area contributed by atoms with Crippen LogP contribution in [0.3, 0.4) is 0 Å². The Morgan fingerprint density at radius 1 is 1.37 bits per heavy atom. The van der Waals surface area contributed by atoms with E-state index in [0.717, 1.165) is 23.3 Å². The van der Waals surface area contributed by atoms with Gasteiger partial charge in [-0.25, -0.2) is 0 Å². The fourth-order valence-corrected chi connectivity index (χ4v) is 2.52. The van der Waals surface area contributed by atoms with E-state index in [-0.39, 0.29) is 0 Å². The van der Waals surface area contributed by atoms with Crippen molar-refractivity contribution in [3.8, 4) is 5.75 Å². The maximum absolute atomic E-state index is 8.91. The van der Waals surface area contributed by atoms with Crippen LogP contribution < -0.4 is 4.74 Å². The first kappa shape index (κ1) is 13.6. The first-order chi connectivity index (χ1) is 9.20. The molecule has 3 nitrogen and oxygen atoms in total. The lowest BCUT2D eigenvalue weighted by molar-refractivity contribution is 0.314. The van der Waals surface area contributed by atoms with Crippen LogP contribution in [0, 0.1) is 6.92 Å². The number of oxime groups is 1. The maximum atomic E-state index is 8.91. The molecule has 1 aromatic heterocycles. The SMILES string of the molecule is CC(=NO)c1cc(C)ccc1OCCc1ccsc1. The van der Waals surface area contributed by atoms with Gasteiger partial charge in [-0.1, -0.05) is 16.8 Å². The molecule has 0 saturated heterocycles. The van der Waals surface area contributed by atoms with Gasteiger partial charge in [0.1, 0.15) is 5.75 Å². The van der Waals surface area contributed by atoms with E-state index >= 15 is 0 Å². The third-order valence-electron chi connectivity index (χ3n) is 2.90. The highest BCUT2D eigenvalue weighted by Crippen LogP contribution is 2.21. The van der Waals surface area contributed by atoms with Gasteiger partial charge < -0.3 is 9.94 Å². The summed E-state index contributed by atoms with van der Waals surface area (Å²) in [5.74, 6) is 0.760. The molecule has 0 aliphatic rings. The zero-order chi connectivity index (χ0) is 13.7. The molecule has 0 spiro atoms. The van der Waals surface area contributed by atoms with Crippen molar-refractivity contribution in [1.29, 1.82) is 0 Å². The maximum Gasteiger partial charge on any atom is 0.128 e. The predicted molar refractivity (Wildman–Crippen MR) is 78.7 cm³/mol. The van der Waals surface area contributed by atoms with Gasteiger partial charge in [-0.2, -0.15) is 11.3 Å². The molecule has 1 heterocycles. The van der Waals surface area contributed by atoms with Crippen LogP contribution in [0.1, 0.15) is 23.6 Å². The third-order valence-corrected chi connectivity index (χ3v) is 3.64. The van der Waals surface area contributed by atoms with E-state index in [1.54, 1.807) is 18.3 Å². The Hall–Kier alpha value is -1.81. The summed E-state index contributed by atoms with van der Waals surface area (Å²) in [6.45, 7) is 4.38. The van der Waals surface area contributed by atoms with Crippen molar-refractivity contribution in [2.24, 2.45) is 5.16 Å². The highest BCUT2D eigenvalue weighted by molar-refractivity contribution is 7.07. The van der Waals surface area contributed by atoms with Gasteiger partial charge in [0.2, 0.25) is 0 Å². The smallest absolute Gasteiger partial charge is 0.128 e. The minimum atomic E-state index is 0.564. The monoisotopic (exact) mass is 275 g/mol. The number of rotatable bonds is 5. The van der Waals surface area contributed by atoms with E-state index in [1.165, 1.54) is 5.56 Å². The second kappa shape index (κ2) is 6.38. The van der Waals surface area contributed by atoms with Crippen molar-refractivity contribution >= 4 is 17.0 Å². The van der Waals surface area contributed by atoms with Gasteiger partial charge in [0.15, 0.2) is 0 Å². The number of hydrogen-bond donors (Lipinski definition) is 1. The van der Waals surface area contributed by atoms with Crippen molar-refractivity contribution in [2.75, 3.05) is 6.61 Å². The highest BCUT2D eigenvalue weighted by atomic mass is 32.1. The number of benzene rings is 1. The number of hydrogen-bond acceptors (Lipinski definition) is 4. The van der Waals surface area contributed by atoms with E-state index in [1.807, 2.05) is 25.1 Å². The molecule has 19 heavy (non-hydrogen) atoms. The van der Waals surface area contributed by atoms with Gasteiger partial charge in [-0.15, -0.1) is 0 Å². The van der Waals surface area contributed by atoms with E-state index in [9.17, 15) is 0 Å². The van der Waals surface area contributed by atoms with Crippen LogP contribution in [0.4, 0.5) is 0 Å². The van der Waals surface area contributed by atoms with Crippen LogP contribution in [0.15, 0.2) is 40.2 Å². The molecular weight excluding hydrogens is 258 g/mol. The Bertz CT molecular complexity index is 562. The molecule has 0 saturated carbocycles. The molecule has 0 atom stereocenters. The third kappa shape index (κ3) is 3.58. The summed E-state index contributed by atoms with van der Waals surface area (Å²) in [6.07, 6.45) is 0.881. The Morgan fingerprint density at radius 3 is 2.89 bits per heavy atom. The van der Waals surface area contributed by atoms with Crippen LogP contribution in [0.2, 0.25) is 0 Å².